The minimum atomic E-state index is 0.293. The lowest BCUT2D eigenvalue weighted by atomic mass is 10.0. The fourth-order valence-electron chi connectivity index (χ4n) is 2.50. The minimum absolute atomic E-state index is 0.293. The van der Waals surface area contributed by atoms with Crippen molar-refractivity contribution in [1.82, 2.24) is 15.1 Å². The van der Waals surface area contributed by atoms with Crippen LogP contribution in [-0.4, -0.2) is 15.3 Å². The molecule has 1 heterocycles. The predicted molar refractivity (Wildman–Crippen MR) is 66.7 cm³/mol. The van der Waals surface area contributed by atoms with Crippen LogP contribution in [0.4, 0.5) is 0 Å². The van der Waals surface area contributed by atoms with Gasteiger partial charge in [-0.3, -0.25) is 4.68 Å². The predicted octanol–water partition coefficient (Wildman–Crippen LogP) is 2.80. The van der Waals surface area contributed by atoms with Gasteiger partial charge in [0.25, 0.3) is 0 Å². The van der Waals surface area contributed by atoms with Gasteiger partial charge in [0, 0.05) is 19.1 Å². The highest BCUT2D eigenvalue weighted by molar-refractivity contribution is 6.31. The van der Waals surface area contributed by atoms with E-state index in [0.717, 1.165) is 23.0 Å². The Morgan fingerprint density at radius 3 is 2.56 bits per heavy atom. The lowest BCUT2D eigenvalue weighted by Gasteiger charge is -2.25. The van der Waals surface area contributed by atoms with Crippen LogP contribution in [0.5, 0.6) is 0 Å². The topological polar surface area (TPSA) is 29.9 Å². The van der Waals surface area contributed by atoms with Crippen LogP contribution in [0.3, 0.4) is 0 Å². The second kappa shape index (κ2) is 4.38. The first-order valence-electron chi connectivity index (χ1n) is 5.95. The molecule has 1 N–H and O–H groups in total. The summed E-state index contributed by atoms with van der Waals surface area (Å²) in [4.78, 5) is 0. The first kappa shape index (κ1) is 11.9. The summed E-state index contributed by atoms with van der Waals surface area (Å²) in [5.41, 5.74) is 2.30. The molecule has 1 saturated carbocycles. The molecular weight excluding hydrogens is 222 g/mol. The quantitative estimate of drug-likeness (QED) is 0.882. The van der Waals surface area contributed by atoms with Crippen molar-refractivity contribution in [3.63, 3.8) is 0 Å². The van der Waals surface area contributed by atoms with E-state index in [4.69, 9.17) is 11.6 Å². The molecule has 1 aliphatic rings. The van der Waals surface area contributed by atoms with E-state index in [-0.39, 0.29) is 0 Å². The molecule has 16 heavy (non-hydrogen) atoms. The molecule has 3 nitrogen and oxygen atoms in total. The van der Waals surface area contributed by atoms with Crippen LogP contribution in [-0.2, 0) is 13.6 Å². The second-order valence-electron chi connectivity index (χ2n) is 5.09. The highest BCUT2D eigenvalue weighted by atomic mass is 35.5. The number of nitrogens with zero attached hydrogens (tertiary/aromatic N) is 2. The molecule has 4 heteroatoms. The molecule has 1 aromatic heterocycles. The third-order valence-corrected chi connectivity index (χ3v) is 4.14. The average Bonchev–Trinajstić information content (AvgIpc) is 2.73. The summed E-state index contributed by atoms with van der Waals surface area (Å²) in [5.74, 6) is 0. The number of hydrogen-bond acceptors (Lipinski definition) is 2. The van der Waals surface area contributed by atoms with Crippen molar-refractivity contribution < 1.29 is 0 Å². The summed E-state index contributed by atoms with van der Waals surface area (Å²) in [6.07, 6.45) is 5.20. The first-order chi connectivity index (χ1) is 7.52. The molecule has 2 rings (SSSR count). The van der Waals surface area contributed by atoms with Gasteiger partial charge >= 0.3 is 0 Å². The van der Waals surface area contributed by atoms with Crippen molar-refractivity contribution in [2.45, 2.75) is 51.6 Å². The number of halogens is 1. The first-order valence-corrected chi connectivity index (χ1v) is 6.33. The van der Waals surface area contributed by atoms with Gasteiger partial charge in [-0.2, -0.15) is 5.10 Å². The maximum atomic E-state index is 6.22. The third-order valence-electron chi connectivity index (χ3n) is 3.65. The molecule has 0 amide bonds. The van der Waals surface area contributed by atoms with Crippen molar-refractivity contribution in [3.05, 3.63) is 16.4 Å². The number of hydrogen-bond donors (Lipinski definition) is 1. The molecule has 1 aromatic rings. The largest absolute Gasteiger partial charge is 0.306 e. The Bertz CT molecular complexity index is 378. The molecule has 0 atom stereocenters. The molecule has 0 unspecified atom stereocenters. The monoisotopic (exact) mass is 241 g/mol. The van der Waals surface area contributed by atoms with Crippen LogP contribution in [0.2, 0.25) is 5.02 Å². The van der Waals surface area contributed by atoms with E-state index in [9.17, 15) is 0 Å². The van der Waals surface area contributed by atoms with Crippen LogP contribution in [0, 0.1) is 6.92 Å². The molecule has 1 aliphatic carbocycles. The Labute approximate surface area is 102 Å². The van der Waals surface area contributed by atoms with Crippen molar-refractivity contribution in [3.8, 4) is 0 Å². The fourth-order valence-corrected chi connectivity index (χ4v) is 2.73. The molecule has 1 fully saturated rings. The van der Waals surface area contributed by atoms with Gasteiger partial charge in [-0.05, 0) is 26.7 Å². The van der Waals surface area contributed by atoms with E-state index in [1.165, 1.54) is 25.7 Å². The summed E-state index contributed by atoms with van der Waals surface area (Å²) in [6.45, 7) is 5.06. The summed E-state index contributed by atoms with van der Waals surface area (Å²) < 4.78 is 1.88. The minimum Gasteiger partial charge on any atom is -0.306 e. The number of nitrogens with one attached hydrogen (secondary N) is 1. The van der Waals surface area contributed by atoms with Gasteiger partial charge in [0.1, 0.15) is 0 Å². The van der Waals surface area contributed by atoms with E-state index in [1.807, 2.05) is 18.7 Å². The van der Waals surface area contributed by atoms with Gasteiger partial charge in [0.2, 0.25) is 0 Å². The molecule has 0 aromatic carbocycles. The van der Waals surface area contributed by atoms with Crippen LogP contribution in [0.15, 0.2) is 0 Å². The standard InChI is InChI=1S/C12H20ClN3/c1-9-11(13)10(16(3)15-9)8-14-12(2)6-4-5-7-12/h14H,4-8H2,1-3H3. The van der Waals surface area contributed by atoms with Gasteiger partial charge in [-0.15, -0.1) is 0 Å². The van der Waals surface area contributed by atoms with Gasteiger partial charge in [-0.25, -0.2) is 0 Å². The van der Waals surface area contributed by atoms with Crippen molar-refractivity contribution in [2.75, 3.05) is 0 Å². The van der Waals surface area contributed by atoms with Crippen molar-refractivity contribution in [2.24, 2.45) is 7.05 Å². The van der Waals surface area contributed by atoms with Gasteiger partial charge in [-0.1, -0.05) is 24.4 Å². The Kier molecular flexibility index (Phi) is 3.27. The molecule has 0 bridgehead atoms. The Morgan fingerprint density at radius 1 is 1.44 bits per heavy atom. The maximum Gasteiger partial charge on any atom is 0.0860 e. The lowest BCUT2D eigenvalue weighted by Crippen LogP contribution is -2.39. The zero-order chi connectivity index (χ0) is 11.8. The molecule has 0 spiro atoms. The fraction of sp³-hybridized carbons (Fsp3) is 0.750. The van der Waals surface area contributed by atoms with Crippen LogP contribution < -0.4 is 5.32 Å². The highest BCUT2D eigenvalue weighted by Gasteiger charge is 2.28. The van der Waals surface area contributed by atoms with Crippen LogP contribution in [0.25, 0.3) is 0 Å². The highest BCUT2D eigenvalue weighted by Crippen LogP contribution is 2.29. The Hall–Kier alpha value is -0.540. The number of rotatable bonds is 3. The smallest absolute Gasteiger partial charge is 0.0860 e. The molecule has 0 radical (unpaired) electrons. The van der Waals surface area contributed by atoms with E-state index < -0.39 is 0 Å². The maximum absolute atomic E-state index is 6.22. The summed E-state index contributed by atoms with van der Waals surface area (Å²) >= 11 is 6.22. The molecular formula is C12H20ClN3. The summed E-state index contributed by atoms with van der Waals surface area (Å²) in [7, 11) is 1.95. The lowest BCUT2D eigenvalue weighted by molar-refractivity contribution is 0.357. The van der Waals surface area contributed by atoms with E-state index in [0.29, 0.717) is 5.54 Å². The molecule has 0 aliphatic heterocycles. The molecule has 0 saturated heterocycles. The van der Waals surface area contributed by atoms with E-state index in [2.05, 4.69) is 17.3 Å². The van der Waals surface area contributed by atoms with Gasteiger partial charge < -0.3 is 5.32 Å². The normalized spacial score (nSPS) is 19.2. The van der Waals surface area contributed by atoms with Crippen LogP contribution in [0.1, 0.15) is 44.0 Å². The average molecular weight is 242 g/mol. The van der Waals surface area contributed by atoms with E-state index >= 15 is 0 Å². The van der Waals surface area contributed by atoms with E-state index in [1.54, 1.807) is 0 Å². The number of aryl methyl sites for hydroxylation is 2. The molecule has 90 valence electrons. The zero-order valence-corrected chi connectivity index (χ0v) is 11.1. The van der Waals surface area contributed by atoms with Gasteiger partial charge in [0.05, 0.1) is 16.4 Å². The Morgan fingerprint density at radius 2 is 2.06 bits per heavy atom. The SMILES string of the molecule is Cc1nn(C)c(CNC2(C)CCCC2)c1Cl. The van der Waals surface area contributed by atoms with Crippen LogP contribution >= 0.6 is 11.6 Å². The zero-order valence-electron chi connectivity index (χ0n) is 10.3. The summed E-state index contributed by atoms with van der Waals surface area (Å²) in [6, 6.07) is 0. The third kappa shape index (κ3) is 2.25. The van der Waals surface area contributed by atoms with Crippen molar-refractivity contribution in [1.29, 1.82) is 0 Å². The van der Waals surface area contributed by atoms with Crippen molar-refractivity contribution >= 4 is 11.6 Å². The van der Waals surface area contributed by atoms with Gasteiger partial charge in [0.15, 0.2) is 0 Å². The second-order valence-corrected chi connectivity index (χ2v) is 5.47. The Balaban J connectivity index is 2.04. The summed E-state index contributed by atoms with van der Waals surface area (Å²) in [5, 5.41) is 8.75. The number of aromatic nitrogens is 2.